The molecule has 0 aromatic carbocycles. The van der Waals surface area contributed by atoms with Crippen LogP contribution in [0.2, 0.25) is 0 Å². The monoisotopic (exact) mass is 647 g/mol. The highest BCUT2D eigenvalue weighted by Crippen LogP contribution is 2.36. The van der Waals surface area contributed by atoms with Crippen LogP contribution in [0.4, 0.5) is 4.79 Å². The predicted molar refractivity (Wildman–Crippen MR) is 164 cm³/mol. The first-order valence-electron chi connectivity index (χ1n) is 17.1. The van der Waals surface area contributed by atoms with Crippen molar-refractivity contribution in [2.24, 2.45) is 10.9 Å². The molecule has 13 heteroatoms. The van der Waals surface area contributed by atoms with E-state index in [1.54, 1.807) is 7.11 Å². The molecule has 2 saturated heterocycles. The highest BCUT2D eigenvalue weighted by Gasteiger charge is 2.54. The zero-order valence-electron chi connectivity index (χ0n) is 26.9. The fraction of sp³-hybridized carbons (Fsp3) is 0.818. The van der Waals surface area contributed by atoms with Crippen molar-refractivity contribution >= 4 is 23.7 Å². The number of nitrogens with one attached hydrogen (secondary N) is 2. The van der Waals surface area contributed by atoms with Crippen molar-refractivity contribution in [3.8, 4) is 0 Å². The Bertz CT molecular complexity index is 1170. The third-order valence-corrected chi connectivity index (χ3v) is 10.7. The smallest absolute Gasteiger partial charge is 0.407 e. The molecule has 0 aromatic heterocycles. The van der Waals surface area contributed by atoms with Gasteiger partial charge in [-0.2, -0.15) is 0 Å². The van der Waals surface area contributed by atoms with Gasteiger partial charge in [-0.05, 0) is 82.1 Å². The van der Waals surface area contributed by atoms with Crippen LogP contribution >= 0.6 is 0 Å². The largest absolute Gasteiger partial charge is 0.453 e. The number of aliphatic imine (C=N–C) groups is 1. The van der Waals surface area contributed by atoms with E-state index in [0.717, 1.165) is 88.3 Å². The van der Waals surface area contributed by atoms with Gasteiger partial charge in [0, 0.05) is 38.4 Å². The second-order valence-electron chi connectivity index (χ2n) is 13.6. The van der Waals surface area contributed by atoms with Crippen LogP contribution in [-0.2, 0) is 38.0 Å². The number of ether oxygens (including phenoxy) is 6. The zero-order valence-corrected chi connectivity index (χ0v) is 26.9. The number of methoxy groups -OCH3 is 2. The third kappa shape index (κ3) is 7.43. The molecule has 3 heterocycles. The number of alkyl carbamates (subject to hydrolysis) is 1. The van der Waals surface area contributed by atoms with Crippen LogP contribution in [0.25, 0.3) is 0 Å². The molecule has 8 atom stereocenters. The van der Waals surface area contributed by atoms with Crippen LogP contribution in [0, 0.1) is 5.92 Å². The van der Waals surface area contributed by atoms with Crippen LogP contribution in [-0.4, -0.2) is 105 Å². The SMILES string of the molecule is COC1CCC(NC(=O)O[C@H]2[C@H](OC(=O)C3CC4CCCCC4N3)[C@@H](OC(=O)C3=NC4=C(CCCC4)C3)[C@@H](OC)O[C@@H]2CO)CC1. The highest BCUT2D eigenvalue weighted by molar-refractivity contribution is 6.38. The van der Waals surface area contributed by atoms with E-state index in [0.29, 0.717) is 18.8 Å². The van der Waals surface area contributed by atoms with Gasteiger partial charge in [0.1, 0.15) is 17.9 Å². The van der Waals surface area contributed by atoms with E-state index in [1.807, 2.05) is 0 Å². The van der Waals surface area contributed by atoms with Crippen molar-refractivity contribution < 1.29 is 47.9 Å². The lowest BCUT2D eigenvalue weighted by atomic mass is 9.85. The number of carbonyl (C=O) groups is 3. The van der Waals surface area contributed by atoms with Gasteiger partial charge < -0.3 is 44.2 Å². The lowest BCUT2D eigenvalue weighted by molar-refractivity contribution is -0.298. The summed E-state index contributed by atoms with van der Waals surface area (Å²) in [4.78, 5) is 45.1. The number of fused-ring (bicyclic) bond motifs is 1. The van der Waals surface area contributed by atoms with E-state index in [2.05, 4.69) is 15.6 Å². The molecule has 256 valence electrons. The summed E-state index contributed by atoms with van der Waals surface area (Å²) in [5, 5.41) is 16.7. The normalized spacial score (nSPS) is 37.5. The number of hydrogen-bond donors (Lipinski definition) is 3. The van der Waals surface area contributed by atoms with E-state index < -0.39 is 61.4 Å². The molecule has 13 nitrogen and oxygen atoms in total. The molecule has 4 fully saturated rings. The lowest BCUT2D eigenvalue weighted by Gasteiger charge is -2.44. The van der Waals surface area contributed by atoms with Crippen LogP contribution in [0.15, 0.2) is 16.3 Å². The maximum absolute atomic E-state index is 13.7. The van der Waals surface area contributed by atoms with Crippen molar-refractivity contribution in [2.45, 2.75) is 145 Å². The molecule has 0 aromatic rings. The fourth-order valence-electron chi connectivity index (χ4n) is 8.09. The zero-order chi connectivity index (χ0) is 32.2. The Kier molecular flexibility index (Phi) is 10.9. The average Bonchev–Trinajstić information content (AvgIpc) is 3.71. The van der Waals surface area contributed by atoms with Gasteiger partial charge in [-0.3, -0.25) is 4.79 Å². The number of nitrogens with zero attached hydrogens (tertiary/aromatic N) is 1. The van der Waals surface area contributed by atoms with E-state index in [9.17, 15) is 19.5 Å². The summed E-state index contributed by atoms with van der Waals surface area (Å²) in [5.74, 6) is -0.816. The summed E-state index contributed by atoms with van der Waals surface area (Å²) in [5.41, 5.74) is 2.37. The first-order chi connectivity index (χ1) is 22.4. The molecule has 6 rings (SSSR count). The second kappa shape index (κ2) is 15.1. The van der Waals surface area contributed by atoms with Crippen molar-refractivity contribution in [1.29, 1.82) is 0 Å². The number of carbonyl (C=O) groups excluding carboxylic acids is 3. The summed E-state index contributed by atoms with van der Waals surface area (Å²) in [6.07, 6.45) is 5.44. The Morgan fingerprint density at radius 3 is 2.41 bits per heavy atom. The Morgan fingerprint density at radius 2 is 1.70 bits per heavy atom. The number of esters is 2. The Hall–Kier alpha value is -2.58. The summed E-state index contributed by atoms with van der Waals surface area (Å²) in [6.45, 7) is -0.555. The molecule has 46 heavy (non-hydrogen) atoms. The first-order valence-corrected chi connectivity index (χ1v) is 17.1. The summed E-state index contributed by atoms with van der Waals surface area (Å²) < 4.78 is 35.0. The Labute approximate surface area is 270 Å². The van der Waals surface area contributed by atoms with Crippen molar-refractivity contribution in [3.05, 3.63) is 11.3 Å². The molecule has 0 radical (unpaired) electrons. The molecule has 2 saturated carbocycles. The first kappa shape index (κ1) is 33.3. The summed E-state index contributed by atoms with van der Waals surface area (Å²) in [6, 6.07) is -0.430. The number of aliphatic hydroxyl groups is 1. The van der Waals surface area contributed by atoms with Crippen LogP contribution in [0.3, 0.4) is 0 Å². The van der Waals surface area contributed by atoms with Crippen LogP contribution < -0.4 is 10.6 Å². The molecule has 3 N–H and O–H groups in total. The van der Waals surface area contributed by atoms with Gasteiger partial charge in [-0.1, -0.05) is 12.8 Å². The van der Waals surface area contributed by atoms with Gasteiger partial charge in [0.05, 0.1) is 12.7 Å². The molecule has 3 aliphatic carbocycles. The maximum atomic E-state index is 13.7. The number of amides is 1. The third-order valence-electron chi connectivity index (χ3n) is 10.7. The van der Waals surface area contributed by atoms with Gasteiger partial charge in [0.15, 0.2) is 24.6 Å². The maximum Gasteiger partial charge on any atom is 0.407 e. The van der Waals surface area contributed by atoms with E-state index in [4.69, 9.17) is 28.4 Å². The minimum absolute atomic E-state index is 0.123. The molecule has 0 bridgehead atoms. The van der Waals surface area contributed by atoms with Gasteiger partial charge in [0.2, 0.25) is 0 Å². The van der Waals surface area contributed by atoms with Gasteiger partial charge in [-0.25, -0.2) is 14.6 Å². The predicted octanol–water partition coefficient (Wildman–Crippen LogP) is 2.82. The van der Waals surface area contributed by atoms with E-state index >= 15 is 0 Å². The average molecular weight is 648 g/mol. The number of rotatable bonds is 9. The highest BCUT2D eigenvalue weighted by atomic mass is 16.7. The van der Waals surface area contributed by atoms with Crippen molar-refractivity contribution in [1.82, 2.24) is 10.6 Å². The van der Waals surface area contributed by atoms with Crippen LogP contribution in [0.1, 0.15) is 89.9 Å². The van der Waals surface area contributed by atoms with Crippen molar-refractivity contribution in [2.75, 3.05) is 20.8 Å². The summed E-state index contributed by atoms with van der Waals surface area (Å²) in [7, 11) is 3.06. The molecule has 1 amide bonds. The number of hydrogen-bond acceptors (Lipinski definition) is 12. The Balaban J connectivity index is 1.21. The quantitative estimate of drug-likeness (QED) is 0.249. The molecule has 3 aliphatic heterocycles. The topological polar surface area (TPSA) is 163 Å². The van der Waals surface area contributed by atoms with Gasteiger partial charge >= 0.3 is 18.0 Å². The number of aliphatic hydroxyl groups excluding tert-OH is 1. The van der Waals surface area contributed by atoms with Crippen LogP contribution in [0.5, 0.6) is 0 Å². The lowest BCUT2D eigenvalue weighted by Crippen LogP contribution is -2.64. The molecule has 6 aliphatic rings. The molecule has 0 spiro atoms. The Morgan fingerprint density at radius 1 is 0.913 bits per heavy atom. The molecule has 3 unspecified atom stereocenters. The van der Waals surface area contributed by atoms with Gasteiger partial charge in [-0.15, -0.1) is 0 Å². The fourth-order valence-corrected chi connectivity index (χ4v) is 8.09. The van der Waals surface area contributed by atoms with Crippen molar-refractivity contribution in [3.63, 3.8) is 0 Å². The molecular formula is C33H49N3O10. The second-order valence-corrected chi connectivity index (χ2v) is 13.6. The molecular weight excluding hydrogens is 598 g/mol. The standard InChI is InChI=1S/C33H49N3O10/c1-41-21-13-11-20(12-14-21)34-33(40)46-27-26(17-37)43-32(42-2)29(45-31(39)25-16-19-8-4-6-10-23(19)36-25)28(27)44-30(38)24-15-18-7-3-5-9-22(18)35-24/h18,20-22,24,26-29,32,35,37H,3-17H2,1-2H3,(H,34,40)/t18?,20?,21?,22?,24?,26-,27-,28+,29-,32+/m1/s1. The van der Waals surface area contributed by atoms with E-state index in [1.165, 1.54) is 7.11 Å². The summed E-state index contributed by atoms with van der Waals surface area (Å²) >= 11 is 0. The van der Waals surface area contributed by atoms with Gasteiger partial charge in [0.25, 0.3) is 0 Å². The minimum atomic E-state index is -1.31. The minimum Gasteiger partial charge on any atom is -0.453 e. The number of allylic oxidation sites excluding steroid dienone is 2. The van der Waals surface area contributed by atoms with E-state index in [-0.39, 0.29) is 23.9 Å².